The summed E-state index contributed by atoms with van der Waals surface area (Å²) in [4.78, 5) is 14.3. The molecule has 20 heavy (non-hydrogen) atoms. The van der Waals surface area contributed by atoms with E-state index in [-0.39, 0.29) is 0 Å². The Balaban J connectivity index is 1.71. The molecule has 3 rings (SSSR count). The van der Waals surface area contributed by atoms with Gasteiger partial charge in [-0.1, -0.05) is 0 Å². The predicted molar refractivity (Wildman–Crippen MR) is 82.0 cm³/mol. The highest BCUT2D eigenvalue weighted by Gasteiger charge is 2.23. The summed E-state index contributed by atoms with van der Waals surface area (Å²) in [6.07, 6.45) is 6.55. The molecule has 0 saturated heterocycles. The van der Waals surface area contributed by atoms with Gasteiger partial charge in [0.2, 0.25) is 0 Å². The molecular weight excluding hydrogens is 250 g/mol. The van der Waals surface area contributed by atoms with Crippen molar-refractivity contribution in [1.29, 1.82) is 0 Å². The lowest BCUT2D eigenvalue weighted by Gasteiger charge is -2.33. The van der Waals surface area contributed by atoms with Crippen LogP contribution in [0.1, 0.15) is 31.4 Å². The molecule has 0 bridgehead atoms. The standard InChI is InChI=1S/C15H23N5/c1-10-8-13-14(18-10)16-9-17-15(13)19-11-4-6-12(7-5-11)20(2)3/h8-9,11-12H,4-7H2,1-3H3,(H2,16,17,18,19). The fourth-order valence-corrected chi connectivity index (χ4v) is 3.12. The van der Waals surface area contributed by atoms with Gasteiger partial charge in [0, 0.05) is 17.8 Å². The Kier molecular flexibility index (Phi) is 3.61. The van der Waals surface area contributed by atoms with Gasteiger partial charge in [-0.15, -0.1) is 0 Å². The molecule has 5 nitrogen and oxygen atoms in total. The molecule has 1 fully saturated rings. The fraction of sp³-hybridized carbons (Fsp3) is 0.600. The number of anilines is 1. The SMILES string of the molecule is Cc1cc2c(NC3CCC(N(C)C)CC3)ncnc2[nH]1. The normalized spacial score (nSPS) is 23.4. The highest BCUT2D eigenvalue weighted by Crippen LogP contribution is 2.26. The van der Waals surface area contributed by atoms with Crippen molar-refractivity contribution in [3.63, 3.8) is 0 Å². The van der Waals surface area contributed by atoms with Gasteiger partial charge in [-0.05, 0) is 52.8 Å². The molecule has 0 atom stereocenters. The van der Waals surface area contributed by atoms with Crippen LogP contribution in [0.25, 0.3) is 11.0 Å². The van der Waals surface area contributed by atoms with Gasteiger partial charge in [-0.25, -0.2) is 9.97 Å². The Morgan fingerprint density at radius 1 is 1.20 bits per heavy atom. The summed E-state index contributed by atoms with van der Waals surface area (Å²) in [5.41, 5.74) is 2.04. The van der Waals surface area contributed by atoms with E-state index in [2.05, 4.69) is 45.3 Å². The number of hydrogen-bond donors (Lipinski definition) is 2. The molecule has 2 aromatic heterocycles. The first-order valence-electron chi connectivity index (χ1n) is 7.37. The van der Waals surface area contributed by atoms with Crippen molar-refractivity contribution in [3.05, 3.63) is 18.1 Å². The van der Waals surface area contributed by atoms with Crippen LogP contribution in [-0.2, 0) is 0 Å². The molecule has 0 unspecified atom stereocenters. The quantitative estimate of drug-likeness (QED) is 0.902. The number of H-pyrrole nitrogens is 1. The maximum absolute atomic E-state index is 4.42. The first-order chi connectivity index (χ1) is 9.63. The van der Waals surface area contributed by atoms with E-state index in [0.29, 0.717) is 6.04 Å². The molecule has 2 aromatic rings. The van der Waals surface area contributed by atoms with Crippen molar-refractivity contribution in [2.45, 2.75) is 44.7 Å². The molecule has 0 amide bonds. The molecule has 5 heteroatoms. The number of aryl methyl sites for hydroxylation is 1. The van der Waals surface area contributed by atoms with E-state index >= 15 is 0 Å². The topological polar surface area (TPSA) is 56.8 Å². The van der Waals surface area contributed by atoms with Crippen LogP contribution < -0.4 is 5.32 Å². The van der Waals surface area contributed by atoms with E-state index in [4.69, 9.17) is 0 Å². The largest absolute Gasteiger partial charge is 0.367 e. The van der Waals surface area contributed by atoms with Gasteiger partial charge in [0.25, 0.3) is 0 Å². The van der Waals surface area contributed by atoms with Gasteiger partial charge in [0.1, 0.15) is 17.8 Å². The molecule has 1 aliphatic rings. The third-order valence-corrected chi connectivity index (χ3v) is 4.33. The number of fused-ring (bicyclic) bond motifs is 1. The third kappa shape index (κ3) is 2.63. The lowest BCUT2D eigenvalue weighted by Crippen LogP contribution is -2.36. The number of nitrogens with one attached hydrogen (secondary N) is 2. The Labute approximate surface area is 119 Å². The van der Waals surface area contributed by atoms with Crippen LogP contribution in [-0.4, -0.2) is 46.0 Å². The molecule has 1 aliphatic carbocycles. The maximum atomic E-state index is 4.42. The minimum atomic E-state index is 0.527. The van der Waals surface area contributed by atoms with Gasteiger partial charge >= 0.3 is 0 Å². The molecule has 2 N–H and O–H groups in total. The summed E-state index contributed by atoms with van der Waals surface area (Å²) in [5.74, 6) is 0.965. The maximum Gasteiger partial charge on any atom is 0.143 e. The zero-order chi connectivity index (χ0) is 14.1. The molecule has 0 aliphatic heterocycles. The molecule has 0 radical (unpaired) electrons. The van der Waals surface area contributed by atoms with Crippen LogP contribution in [0.5, 0.6) is 0 Å². The summed E-state index contributed by atoms with van der Waals surface area (Å²) in [6.45, 7) is 2.05. The number of nitrogens with zero attached hydrogens (tertiary/aromatic N) is 3. The predicted octanol–water partition coefficient (Wildman–Crippen LogP) is 2.55. The second-order valence-electron chi connectivity index (χ2n) is 6.05. The first kappa shape index (κ1) is 13.4. The smallest absolute Gasteiger partial charge is 0.143 e. The van der Waals surface area contributed by atoms with Crippen molar-refractivity contribution >= 4 is 16.9 Å². The molecule has 0 spiro atoms. The molecule has 0 aromatic carbocycles. The van der Waals surface area contributed by atoms with Crippen LogP contribution in [0, 0.1) is 6.92 Å². The van der Waals surface area contributed by atoms with E-state index in [1.165, 1.54) is 25.7 Å². The van der Waals surface area contributed by atoms with Gasteiger partial charge in [0.15, 0.2) is 0 Å². The monoisotopic (exact) mass is 273 g/mol. The van der Waals surface area contributed by atoms with Crippen molar-refractivity contribution in [1.82, 2.24) is 19.9 Å². The molecular formula is C15H23N5. The van der Waals surface area contributed by atoms with Gasteiger partial charge in [-0.2, -0.15) is 0 Å². The zero-order valence-corrected chi connectivity index (χ0v) is 12.5. The summed E-state index contributed by atoms with van der Waals surface area (Å²) in [6, 6.07) is 3.37. The zero-order valence-electron chi connectivity index (χ0n) is 12.5. The number of aromatic amines is 1. The minimum Gasteiger partial charge on any atom is -0.367 e. The van der Waals surface area contributed by atoms with Gasteiger partial charge < -0.3 is 15.2 Å². The fourth-order valence-electron chi connectivity index (χ4n) is 3.12. The highest BCUT2D eigenvalue weighted by atomic mass is 15.1. The summed E-state index contributed by atoms with van der Waals surface area (Å²) < 4.78 is 0. The van der Waals surface area contributed by atoms with Crippen molar-refractivity contribution in [2.75, 3.05) is 19.4 Å². The van der Waals surface area contributed by atoms with Crippen molar-refractivity contribution in [2.24, 2.45) is 0 Å². The number of hydrogen-bond acceptors (Lipinski definition) is 4. The lowest BCUT2D eigenvalue weighted by molar-refractivity contribution is 0.221. The van der Waals surface area contributed by atoms with Crippen molar-refractivity contribution in [3.8, 4) is 0 Å². The summed E-state index contributed by atoms with van der Waals surface area (Å²) >= 11 is 0. The number of rotatable bonds is 3. The minimum absolute atomic E-state index is 0.527. The summed E-state index contributed by atoms with van der Waals surface area (Å²) in [7, 11) is 4.35. The van der Waals surface area contributed by atoms with Crippen LogP contribution in [0.4, 0.5) is 5.82 Å². The average Bonchev–Trinajstić information content (AvgIpc) is 2.81. The molecule has 1 saturated carbocycles. The van der Waals surface area contributed by atoms with E-state index in [1.54, 1.807) is 6.33 Å². The second-order valence-corrected chi connectivity index (χ2v) is 6.05. The Morgan fingerprint density at radius 2 is 1.95 bits per heavy atom. The van der Waals surface area contributed by atoms with Crippen LogP contribution >= 0.6 is 0 Å². The van der Waals surface area contributed by atoms with E-state index in [0.717, 1.165) is 28.6 Å². The third-order valence-electron chi connectivity index (χ3n) is 4.33. The van der Waals surface area contributed by atoms with Crippen LogP contribution in [0.3, 0.4) is 0 Å². The highest BCUT2D eigenvalue weighted by molar-refractivity contribution is 5.87. The van der Waals surface area contributed by atoms with E-state index < -0.39 is 0 Å². The number of aromatic nitrogens is 3. The van der Waals surface area contributed by atoms with E-state index in [1.807, 2.05) is 6.92 Å². The van der Waals surface area contributed by atoms with E-state index in [9.17, 15) is 0 Å². The van der Waals surface area contributed by atoms with Crippen LogP contribution in [0.2, 0.25) is 0 Å². The summed E-state index contributed by atoms with van der Waals surface area (Å²) in [5, 5.41) is 4.70. The van der Waals surface area contributed by atoms with Gasteiger partial charge in [-0.3, -0.25) is 0 Å². The molecule has 2 heterocycles. The van der Waals surface area contributed by atoms with Crippen LogP contribution in [0.15, 0.2) is 12.4 Å². The van der Waals surface area contributed by atoms with Crippen molar-refractivity contribution < 1.29 is 0 Å². The Hall–Kier alpha value is -1.62. The molecule has 108 valence electrons. The Morgan fingerprint density at radius 3 is 2.65 bits per heavy atom. The second kappa shape index (κ2) is 5.40. The Bertz CT molecular complexity index is 581. The lowest BCUT2D eigenvalue weighted by atomic mass is 9.90. The average molecular weight is 273 g/mol. The first-order valence-corrected chi connectivity index (χ1v) is 7.37. The van der Waals surface area contributed by atoms with Gasteiger partial charge in [0.05, 0.1) is 5.39 Å².